The largest absolute Gasteiger partial charge is 0.368 e. The summed E-state index contributed by atoms with van der Waals surface area (Å²) in [5.41, 5.74) is 0. The molecule has 0 unspecified atom stereocenters. The standard InChI is InChI=1S/C4H5Cl3Si/c5-8(6,7)4-2-1-3-4/h2H,1,3H2. The number of hydrogen-bond donors (Lipinski definition) is 0. The number of allylic oxidation sites excluding steroid dienone is 2. The molecule has 0 aromatic heterocycles. The zero-order valence-electron chi connectivity index (χ0n) is 4.13. The van der Waals surface area contributed by atoms with Crippen LogP contribution in [0.1, 0.15) is 12.8 Å². The lowest BCUT2D eigenvalue weighted by Crippen LogP contribution is -2.18. The van der Waals surface area contributed by atoms with Crippen LogP contribution in [0.3, 0.4) is 0 Å². The Labute approximate surface area is 63.5 Å². The van der Waals surface area contributed by atoms with Gasteiger partial charge in [0.05, 0.1) is 0 Å². The Kier molecular flexibility index (Phi) is 1.92. The van der Waals surface area contributed by atoms with E-state index in [0.29, 0.717) is 0 Å². The molecule has 1 aliphatic carbocycles. The van der Waals surface area contributed by atoms with Crippen LogP contribution in [0, 0.1) is 0 Å². The summed E-state index contributed by atoms with van der Waals surface area (Å²) in [5, 5.41) is 1.07. The van der Waals surface area contributed by atoms with Crippen molar-refractivity contribution in [2.75, 3.05) is 0 Å². The fourth-order valence-corrected chi connectivity index (χ4v) is 2.89. The van der Waals surface area contributed by atoms with E-state index in [9.17, 15) is 0 Å². The van der Waals surface area contributed by atoms with Gasteiger partial charge in [-0.2, -0.15) is 0 Å². The van der Waals surface area contributed by atoms with Gasteiger partial charge in [0.2, 0.25) is 0 Å². The first-order valence-electron chi connectivity index (χ1n) is 2.37. The molecule has 0 atom stereocenters. The Balaban J connectivity index is 2.59. The first-order valence-corrected chi connectivity index (χ1v) is 7.40. The third-order valence-corrected chi connectivity index (χ3v) is 4.54. The van der Waals surface area contributed by atoms with Crippen LogP contribution in [0.25, 0.3) is 0 Å². The van der Waals surface area contributed by atoms with E-state index in [-0.39, 0.29) is 0 Å². The molecule has 0 amide bonds. The van der Waals surface area contributed by atoms with Crippen LogP contribution in [0.5, 0.6) is 0 Å². The third kappa shape index (κ3) is 1.41. The minimum Gasteiger partial charge on any atom is -0.121 e. The molecule has 0 radical (unpaired) electrons. The van der Waals surface area contributed by atoms with Gasteiger partial charge >= 0.3 is 6.00 Å². The molecule has 0 saturated heterocycles. The minimum absolute atomic E-state index is 1.00. The molecule has 0 nitrogen and oxygen atoms in total. The van der Waals surface area contributed by atoms with Gasteiger partial charge < -0.3 is 0 Å². The predicted octanol–water partition coefficient (Wildman–Crippen LogP) is 2.90. The van der Waals surface area contributed by atoms with E-state index >= 15 is 0 Å². The fourth-order valence-electron chi connectivity index (χ4n) is 0.546. The molecule has 0 aliphatic heterocycles. The van der Waals surface area contributed by atoms with Crippen molar-refractivity contribution in [3.05, 3.63) is 11.3 Å². The molecule has 0 aromatic rings. The van der Waals surface area contributed by atoms with Gasteiger partial charge in [-0.1, -0.05) is 6.08 Å². The van der Waals surface area contributed by atoms with Crippen molar-refractivity contribution < 1.29 is 0 Å². The number of hydrogen-bond acceptors (Lipinski definition) is 0. The van der Waals surface area contributed by atoms with E-state index < -0.39 is 6.00 Å². The third-order valence-electron chi connectivity index (χ3n) is 1.17. The van der Waals surface area contributed by atoms with Crippen molar-refractivity contribution in [1.82, 2.24) is 0 Å². The van der Waals surface area contributed by atoms with Gasteiger partial charge in [0.1, 0.15) is 0 Å². The lowest BCUT2D eigenvalue weighted by atomic mass is 10.1. The Morgan fingerprint density at radius 1 is 1.38 bits per heavy atom. The summed E-state index contributed by atoms with van der Waals surface area (Å²) in [7, 11) is 0. The molecule has 0 fully saturated rings. The van der Waals surface area contributed by atoms with Gasteiger partial charge in [-0.25, -0.2) is 0 Å². The van der Waals surface area contributed by atoms with Crippen molar-refractivity contribution >= 4 is 39.2 Å². The minimum atomic E-state index is -2.40. The average Bonchev–Trinajstić information content (AvgIpc) is 1.16. The predicted molar refractivity (Wildman–Crippen MR) is 40.6 cm³/mol. The molecule has 0 bridgehead atoms. The zero-order chi connectivity index (χ0) is 6.20. The molecular formula is C4H5Cl3Si. The molecule has 0 spiro atoms. The van der Waals surface area contributed by atoms with Gasteiger partial charge in [0, 0.05) is 0 Å². The summed E-state index contributed by atoms with van der Waals surface area (Å²) in [5.74, 6) is 0. The number of rotatable bonds is 1. The van der Waals surface area contributed by atoms with Crippen LogP contribution in [0.4, 0.5) is 0 Å². The maximum atomic E-state index is 5.64. The van der Waals surface area contributed by atoms with Gasteiger partial charge in [0.25, 0.3) is 0 Å². The second-order valence-electron chi connectivity index (χ2n) is 1.77. The van der Waals surface area contributed by atoms with Gasteiger partial charge in [-0.05, 0) is 18.0 Å². The summed E-state index contributed by atoms with van der Waals surface area (Å²) in [6, 6.07) is -2.40. The van der Waals surface area contributed by atoms with Crippen LogP contribution < -0.4 is 0 Å². The maximum Gasteiger partial charge on any atom is 0.368 e. The first-order chi connectivity index (χ1) is 3.61. The SMILES string of the molecule is Cl[Si](Cl)(Cl)C1=CCC1. The second-order valence-corrected chi connectivity index (χ2v) is 10.2. The highest BCUT2D eigenvalue weighted by molar-refractivity contribution is 7.67. The van der Waals surface area contributed by atoms with Gasteiger partial charge in [0.15, 0.2) is 0 Å². The van der Waals surface area contributed by atoms with E-state index in [1.54, 1.807) is 0 Å². The Bertz CT molecular complexity index is 124. The van der Waals surface area contributed by atoms with Crippen molar-refractivity contribution in [1.29, 1.82) is 0 Å². The van der Waals surface area contributed by atoms with Crippen molar-refractivity contribution in [3.8, 4) is 0 Å². The average molecular weight is 188 g/mol. The highest BCUT2D eigenvalue weighted by Crippen LogP contribution is 2.36. The highest BCUT2D eigenvalue weighted by Gasteiger charge is 2.32. The molecule has 1 rings (SSSR count). The zero-order valence-corrected chi connectivity index (χ0v) is 7.39. The van der Waals surface area contributed by atoms with E-state index in [2.05, 4.69) is 0 Å². The molecule has 0 heterocycles. The Morgan fingerprint density at radius 3 is 1.88 bits per heavy atom. The van der Waals surface area contributed by atoms with Gasteiger partial charge in [-0.3, -0.25) is 0 Å². The molecule has 8 heavy (non-hydrogen) atoms. The fraction of sp³-hybridized carbons (Fsp3) is 0.500. The first kappa shape index (κ1) is 6.94. The van der Waals surface area contributed by atoms with Crippen molar-refractivity contribution in [3.63, 3.8) is 0 Å². The van der Waals surface area contributed by atoms with E-state index in [0.717, 1.165) is 18.0 Å². The van der Waals surface area contributed by atoms with Crippen LogP contribution in [0.15, 0.2) is 11.3 Å². The number of halogens is 3. The molecule has 1 aliphatic rings. The summed E-state index contributed by atoms with van der Waals surface area (Å²) < 4.78 is 0. The summed E-state index contributed by atoms with van der Waals surface area (Å²) in [4.78, 5) is 0. The molecule has 4 heteroatoms. The lowest BCUT2D eigenvalue weighted by Gasteiger charge is -2.18. The molecule has 0 N–H and O–H groups in total. The van der Waals surface area contributed by atoms with Crippen LogP contribution in [0.2, 0.25) is 0 Å². The van der Waals surface area contributed by atoms with E-state index in [4.69, 9.17) is 33.2 Å². The molecule has 46 valence electrons. The summed E-state index contributed by atoms with van der Waals surface area (Å²) in [6.07, 6.45) is 4.11. The van der Waals surface area contributed by atoms with Gasteiger partial charge in [-0.15, -0.1) is 33.2 Å². The topological polar surface area (TPSA) is 0 Å². The van der Waals surface area contributed by atoms with Crippen molar-refractivity contribution in [2.24, 2.45) is 0 Å². The maximum absolute atomic E-state index is 5.64. The Morgan fingerprint density at radius 2 is 1.88 bits per heavy atom. The molecule has 0 saturated carbocycles. The van der Waals surface area contributed by atoms with E-state index in [1.165, 1.54) is 0 Å². The molecular weight excluding hydrogens is 182 g/mol. The second kappa shape index (κ2) is 2.22. The summed E-state index contributed by atoms with van der Waals surface area (Å²) >= 11 is 16.9. The van der Waals surface area contributed by atoms with Crippen LogP contribution in [-0.4, -0.2) is 6.00 Å². The monoisotopic (exact) mass is 186 g/mol. The van der Waals surface area contributed by atoms with Crippen molar-refractivity contribution in [2.45, 2.75) is 12.8 Å². The van der Waals surface area contributed by atoms with Crippen LogP contribution in [-0.2, 0) is 0 Å². The van der Waals surface area contributed by atoms with E-state index in [1.807, 2.05) is 6.08 Å². The smallest absolute Gasteiger partial charge is 0.121 e. The molecule has 0 aromatic carbocycles. The lowest BCUT2D eigenvalue weighted by molar-refractivity contribution is 0.933. The quantitative estimate of drug-likeness (QED) is 0.437. The highest BCUT2D eigenvalue weighted by atomic mass is 35.8. The summed E-state index contributed by atoms with van der Waals surface area (Å²) in [6.45, 7) is 0. The van der Waals surface area contributed by atoms with Crippen LogP contribution >= 0.6 is 33.2 Å². The Hall–Kier alpha value is 0.827. The normalized spacial score (nSPS) is 19.6.